The fraction of sp³-hybridized carbons (Fsp3) is 0.472. The number of hydrogen-bond acceptors (Lipinski definition) is 7. The highest BCUT2D eigenvalue weighted by Gasteiger charge is 2.39. The molecule has 0 radical (unpaired) electrons. The highest BCUT2D eigenvalue weighted by atomic mass is 35.5. The normalized spacial score (nSPS) is 20.1. The molecule has 0 bridgehead atoms. The van der Waals surface area contributed by atoms with Crippen molar-refractivity contribution in [2.75, 3.05) is 38.8 Å². The summed E-state index contributed by atoms with van der Waals surface area (Å²) in [5.41, 5.74) is 4.60. The Bertz CT molecular complexity index is 1670. The number of aromatic nitrogens is 1. The third-order valence-corrected chi connectivity index (χ3v) is 9.02. The number of aliphatic imine (C=N–C) groups is 1. The van der Waals surface area contributed by atoms with Gasteiger partial charge in [-0.1, -0.05) is 35.9 Å². The van der Waals surface area contributed by atoms with Crippen LogP contribution < -0.4 is 4.90 Å². The van der Waals surface area contributed by atoms with Crippen molar-refractivity contribution < 1.29 is 13.9 Å². The Balaban J connectivity index is 1.42. The minimum atomic E-state index is -0.574. The topological polar surface area (TPSA) is 64.5 Å². The molecule has 0 spiro atoms. The fourth-order valence-electron chi connectivity index (χ4n) is 6.45. The lowest BCUT2D eigenvalue weighted by Gasteiger charge is -2.46. The van der Waals surface area contributed by atoms with Gasteiger partial charge in [-0.05, 0) is 103 Å². The highest BCUT2D eigenvalue weighted by molar-refractivity contribution is 6.33. The minimum Gasteiger partial charge on any atom is -0.444 e. The molecule has 6 rings (SSSR count). The van der Waals surface area contributed by atoms with E-state index in [2.05, 4.69) is 53.9 Å². The summed E-state index contributed by atoms with van der Waals surface area (Å²) < 4.78 is 20.8. The lowest BCUT2D eigenvalue weighted by Crippen LogP contribution is -2.60. The predicted octanol–water partition coefficient (Wildman–Crippen LogP) is 7.67. The maximum atomic E-state index is 15.1. The van der Waals surface area contributed by atoms with E-state index < -0.39 is 5.60 Å². The number of anilines is 2. The number of amidine groups is 1. The number of piperazine rings is 1. The van der Waals surface area contributed by atoms with Gasteiger partial charge in [0.15, 0.2) is 0 Å². The van der Waals surface area contributed by atoms with E-state index in [1.807, 2.05) is 33.8 Å². The summed E-state index contributed by atoms with van der Waals surface area (Å²) in [4.78, 5) is 31.7. The summed E-state index contributed by atoms with van der Waals surface area (Å²) >= 11 is 6.92. The smallest absolute Gasteiger partial charge is 0.410 e. The Morgan fingerprint density at radius 1 is 1.04 bits per heavy atom. The highest BCUT2D eigenvalue weighted by Crippen LogP contribution is 2.47. The molecule has 0 unspecified atom stereocenters. The van der Waals surface area contributed by atoms with Gasteiger partial charge >= 0.3 is 6.09 Å². The van der Waals surface area contributed by atoms with E-state index in [-0.39, 0.29) is 24.0 Å². The molecule has 8 nitrogen and oxygen atoms in total. The molecule has 3 aliphatic rings. The molecule has 1 aromatic heterocycles. The van der Waals surface area contributed by atoms with Crippen LogP contribution in [0, 0.1) is 5.82 Å². The molecule has 1 saturated heterocycles. The predicted molar refractivity (Wildman–Crippen MR) is 183 cm³/mol. The van der Waals surface area contributed by atoms with Gasteiger partial charge in [0.1, 0.15) is 29.7 Å². The zero-order chi connectivity index (χ0) is 32.9. The summed E-state index contributed by atoms with van der Waals surface area (Å²) in [5, 5.41) is 0.357. The Morgan fingerprint density at radius 2 is 1.78 bits per heavy atom. The number of hydrogen-bond donors (Lipinski definition) is 0. The molecule has 3 aromatic rings. The van der Waals surface area contributed by atoms with Crippen molar-refractivity contribution in [3.63, 3.8) is 0 Å². The number of benzene rings is 2. The van der Waals surface area contributed by atoms with Gasteiger partial charge in [-0.25, -0.2) is 19.2 Å². The van der Waals surface area contributed by atoms with Crippen molar-refractivity contribution >= 4 is 35.0 Å². The molecule has 1 aliphatic carbocycles. The molecule has 2 atom stereocenters. The summed E-state index contributed by atoms with van der Waals surface area (Å²) in [7, 11) is 4.16. The first kappa shape index (κ1) is 32.3. The Kier molecular flexibility index (Phi) is 8.76. The van der Waals surface area contributed by atoms with Crippen LogP contribution in [0.4, 0.5) is 20.7 Å². The van der Waals surface area contributed by atoms with E-state index in [9.17, 15) is 4.79 Å². The number of rotatable bonds is 5. The van der Waals surface area contributed by atoms with Crippen LogP contribution in [-0.2, 0) is 11.3 Å². The zero-order valence-electron chi connectivity index (χ0n) is 27.8. The molecule has 46 heavy (non-hydrogen) atoms. The van der Waals surface area contributed by atoms with E-state index in [0.29, 0.717) is 47.8 Å². The van der Waals surface area contributed by atoms with Crippen LogP contribution >= 0.6 is 11.6 Å². The van der Waals surface area contributed by atoms with Crippen LogP contribution in [0.15, 0.2) is 53.5 Å². The van der Waals surface area contributed by atoms with Crippen molar-refractivity contribution in [3.8, 4) is 11.3 Å². The number of pyridine rings is 1. The van der Waals surface area contributed by atoms with Crippen LogP contribution in [0.5, 0.6) is 0 Å². The number of fused-ring (bicyclic) bond motifs is 1. The van der Waals surface area contributed by atoms with E-state index in [4.69, 9.17) is 26.3 Å². The molecular weight excluding hydrogens is 603 g/mol. The minimum absolute atomic E-state index is 0.0424. The van der Waals surface area contributed by atoms with E-state index >= 15 is 4.39 Å². The zero-order valence-corrected chi connectivity index (χ0v) is 28.6. The second-order valence-corrected chi connectivity index (χ2v) is 14.5. The van der Waals surface area contributed by atoms with Gasteiger partial charge in [-0.15, -0.1) is 0 Å². The van der Waals surface area contributed by atoms with Gasteiger partial charge in [-0.3, -0.25) is 0 Å². The number of halogens is 2. The van der Waals surface area contributed by atoms with Gasteiger partial charge in [0.05, 0.1) is 16.3 Å². The Hall–Kier alpha value is -3.69. The first-order valence-electron chi connectivity index (χ1n) is 16.1. The van der Waals surface area contributed by atoms with Gasteiger partial charge < -0.3 is 24.3 Å². The van der Waals surface area contributed by atoms with Crippen molar-refractivity contribution in [3.05, 3.63) is 76.1 Å². The molecule has 2 aromatic carbocycles. The molecular formula is C36H44ClFN6O2. The molecule has 1 saturated carbocycles. The number of carbonyl (C=O) groups is 1. The third kappa shape index (κ3) is 6.58. The van der Waals surface area contributed by atoms with Crippen LogP contribution in [0.2, 0.25) is 5.02 Å². The maximum absolute atomic E-state index is 15.1. The number of nitrogens with zero attached hydrogens (tertiary/aromatic N) is 6. The quantitative estimate of drug-likeness (QED) is 0.284. The first-order chi connectivity index (χ1) is 21.8. The molecule has 0 N–H and O–H groups in total. The van der Waals surface area contributed by atoms with E-state index in [1.165, 1.54) is 17.2 Å². The molecule has 244 valence electrons. The Labute approximate surface area is 276 Å². The lowest BCUT2D eigenvalue weighted by atomic mass is 10.0. The fourth-order valence-corrected chi connectivity index (χ4v) is 6.70. The summed E-state index contributed by atoms with van der Waals surface area (Å²) in [6, 6.07) is 15.0. The van der Waals surface area contributed by atoms with Crippen molar-refractivity contribution in [2.24, 2.45) is 4.99 Å². The second kappa shape index (κ2) is 12.5. The monoisotopic (exact) mass is 646 g/mol. The van der Waals surface area contributed by atoms with Crippen LogP contribution in [0.25, 0.3) is 11.3 Å². The van der Waals surface area contributed by atoms with Crippen LogP contribution in [0.3, 0.4) is 0 Å². The van der Waals surface area contributed by atoms with Crippen LogP contribution in [0.1, 0.15) is 70.1 Å². The Morgan fingerprint density at radius 3 is 2.46 bits per heavy atom. The van der Waals surface area contributed by atoms with Gasteiger partial charge in [-0.2, -0.15) is 0 Å². The molecule has 1 amide bonds. The first-order valence-corrected chi connectivity index (χ1v) is 16.5. The SMILES string of the molecule is C[C@@H]1CN(C2=NCN(c3ccc(CN(C)C)cc3C3CC3)c3nc(-c4ccccc4F)c(Cl)cc32)[C@@H](C)CN1C(=O)OC(C)(C)C. The largest absolute Gasteiger partial charge is 0.444 e. The van der Waals surface area contributed by atoms with Gasteiger partial charge in [0.25, 0.3) is 0 Å². The average molecular weight is 647 g/mol. The van der Waals surface area contributed by atoms with Crippen molar-refractivity contribution in [1.29, 1.82) is 0 Å². The molecule has 3 heterocycles. The third-order valence-electron chi connectivity index (χ3n) is 8.73. The van der Waals surface area contributed by atoms with Crippen molar-refractivity contribution in [1.82, 2.24) is 19.7 Å². The average Bonchev–Trinajstić information content (AvgIpc) is 3.82. The van der Waals surface area contributed by atoms with E-state index in [1.54, 1.807) is 23.1 Å². The van der Waals surface area contributed by atoms with Gasteiger partial charge in [0.2, 0.25) is 0 Å². The summed E-state index contributed by atoms with van der Waals surface area (Å²) in [5.74, 6) is 1.59. The summed E-state index contributed by atoms with van der Waals surface area (Å²) in [6.07, 6.45) is 1.99. The van der Waals surface area contributed by atoms with Gasteiger partial charge in [0, 0.05) is 43.0 Å². The number of ether oxygens (including phenoxy) is 1. The second-order valence-electron chi connectivity index (χ2n) is 14.1. The number of carbonyl (C=O) groups excluding carboxylic acids is 1. The summed E-state index contributed by atoms with van der Waals surface area (Å²) in [6.45, 7) is 12.0. The molecule has 10 heteroatoms. The lowest BCUT2D eigenvalue weighted by molar-refractivity contribution is 0.000462. The maximum Gasteiger partial charge on any atom is 0.410 e. The standard InChI is InChI=1S/C36H44ClFN6O2/c1-22-19-43(35(45)46-36(3,4)5)23(2)18-42(22)33-28-17-29(37)32(26-10-8-9-11-30(26)38)40-34(28)44(21-39-33)31-15-12-24(20-41(6)7)16-27(31)25-13-14-25/h8-12,15-17,22-23,25H,13-14,18-21H2,1-7H3/t22-,23+/m0/s1. The van der Waals surface area contributed by atoms with Crippen LogP contribution in [-0.4, -0.2) is 83.2 Å². The van der Waals surface area contributed by atoms with E-state index in [0.717, 1.165) is 36.5 Å². The number of amides is 1. The molecule has 2 fully saturated rings. The molecule has 2 aliphatic heterocycles. The van der Waals surface area contributed by atoms with Crippen molar-refractivity contribution in [2.45, 2.75) is 77.6 Å².